The number of nitrogens with one attached hydrogen (secondary N) is 1. The van der Waals surface area contributed by atoms with Crippen LogP contribution in [0.25, 0.3) is 0 Å². The van der Waals surface area contributed by atoms with Gasteiger partial charge in [-0.2, -0.15) is 0 Å². The van der Waals surface area contributed by atoms with Crippen molar-refractivity contribution in [2.45, 2.75) is 6.04 Å². The van der Waals surface area contributed by atoms with Crippen LogP contribution in [0.15, 0.2) is 59.1 Å². The third-order valence-electron chi connectivity index (χ3n) is 2.62. The smallest absolute Gasteiger partial charge is 0.312 e. The normalized spacial score (nSPS) is 11.8. The summed E-state index contributed by atoms with van der Waals surface area (Å²) in [6.45, 7) is 0. The molecule has 92 valence electrons. The fraction of sp³-hybridized carbons (Fsp3) is 0.0714. The lowest BCUT2D eigenvalue weighted by Crippen LogP contribution is -2.33. The predicted molar refractivity (Wildman–Crippen MR) is 75.1 cm³/mol. The molecule has 3 N–H and O–H groups in total. The quantitative estimate of drug-likeness (QED) is 0.899. The molecule has 0 saturated carbocycles. The monoisotopic (exact) mass is 304 g/mol. The summed E-state index contributed by atoms with van der Waals surface area (Å²) in [4.78, 5) is 11.1. The van der Waals surface area contributed by atoms with E-state index in [0.29, 0.717) is 0 Å². The highest BCUT2D eigenvalue weighted by molar-refractivity contribution is 9.10. The molecule has 0 aromatic heterocycles. The Morgan fingerprint density at radius 1 is 1.00 bits per heavy atom. The summed E-state index contributed by atoms with van der Waals surface area (Å²) in [6, 6.07) is 16.8. The van der Waals surface area contributed by atoms with Gasteiger partial charge < -0.3 is 11.1 Å². The summed E-state index contributed by atoms with van der Waals surface area (Å²) in [7, 11) is 0. The Hall–Kier alpha value is -1.81. The molecule has 0 saturated heterocycles. The number of halogens is 1. The van der Waals surface area contributed by atoms with Crippen molar-refractivity contribution in [3.8, 4) is 0 Å². The van der Waals surface area contributed by atoms with Gasteiger partial charge in [0.1, 0.15) is 0 Å². The predicted octanol–water partition coefficient (Wildman–Crippen LogP) is 3.21. The van der Waals surface area contributed by atoms with Crippen molar-refractivity contribution in [2.75, 3.05) is 0 Å². The molecule has 4 heteroatoms. The van der Waals surface area contributed by atoms with E-state index in [2.05, 4.69) is 21.2 Å². The van der Waals surface area contributed by atoms with Gasteiger partial charge in [-0.3, -0.25) is 0 Å². The van der Waals surface area contributed by atoms with E-state index in [9.17, 15) is 4.79 Å². The summed E-state index contributed by atoms with van der Waals surface area (Å²) in [5.41, 5.74) is 7.23. The van der Waals surface area contributed by atoms with Crippen LogP contribution >= 0.6 is 15.9 Å². The first-order valence-electron chi connectivity index (χ1n) is 5.53. The van der Waals surface area contributed by atoms with Gasteiger partial charge in [0.05, 0.1) is 6.04 Å². The Morgan fingerprint density at radius 3 is 2.11 bits per heavy atom. The summed E-state index contributed by atoms with van der Waals surface area (Å²) >= 11 is 3.39. The van der Waals surface area contributed by atoms with Crippen molar-refractivity contribution in [1.29, 1.82) is 0 Å². The number of hydrogen-bond donors (Lipinski definition) is 2. The van der Waals surface area contributed by atoms with E-state index in [1.165, 1.54) is 0 Å². The highest BCUT2D eigenvalue weighted by Gasteiger charge is 2.14. The second-order valence-corrected chi connectivity index (χ2v) is 4.82. The Bertz CT molecular complexity index is 525. The Balaban J connectivity index is 2.36. The molecule has 2 aromatic carbocycles. The van der Waals surface area contributed by atoms with E-state index in [0.717, 1.165) is 15.6 Å². The van der Waals surface area contributed by atoms with Crippen molar-refractivity contribution in [3.05, 3.63) is 70.2 Å². The lowest BCUT2D eigenvalue weighted by atomic mass is 9.99. The van der Waals surface area contributed by atoms with Crippen LogP contribution < -0.4 is 11.1 Å². The lowest BCUT2D eigenvalue weighted by molar-refractivity contribution is 0.247. The lowest BCUT2D eigenvalue weighted by Gasteiger charge is -2.18. The third-order valence-corrected chi connectivity index (χ3v) is 3.15. The number of carbonyl (C=O) groups is 1. The molecule has 0 heterocycles. The summed E-state index contributed by atoms with van der Waals surface area (Å²) < 4.78 is 0.997. The molecule has 0 spiro atoms. The molecule has 0 bridgehead atoms. The van der Waals surface area contributed by atoms with Gasteiger partial charge >= 0.3 is 6.03 Å². The van der Waals surface area contributed by atoms with E-state index in [-0.39, 0.29) is 6.04 Å². The Kier molecular flexibility index (Phi) is 3.99. The van der Waals surface area contributed by atoms with Gasteiger partial charge in [0.2, 0.25) is 0 Å². The van der Waals surface area contributed by atoms with Crippen LogP contribution in [-0.2, 0) is 0 Å². The molecular weight excluding hydrogens is 292 g/mol. The fourth-order valence-corrected chi connectivity index (χ4v) is 2.07. The van der Waals surface area contributed by atoms with E-state index < -0.39 is 6.03 Å². The molecule has 0 radical (unpaired) electrons. The SMILES string of the molecule is NC(=O)N[C@H](c1ccccc1)c1ccc(Br)cc1. The largest absolute Gasteiger partial charge is 0.352 e. The fourth-order valence-electron chi connectivity index (χ4n) is 1.80. The number of carbonyl (C=O) groups excluding carboxylic acids is 1. The number of primary amides is 1. The molecule has 2 rings (SSSR count). The highest BCUT2D eigenvalue weighted by atomic mass is 79.9. The van der Waals surface area contributed by atoms with Gasteiger partial charge in [-0.1, -0.05) is 58.4 Å². The van der Waals surface area contributed by atoms with Crippen molar-refractivity contribution in [3.63, 3.8) is 0 Å². The highest BCUT2D eigenvalue weighted by Crippen LogP contribution is 2.23. The van der Waals surface area contributed by atoms with Crippen molar-refractivity contribution < 1.29 is 4.79 Å². The second-order valence-electron chi connectivity index (χ2n) is 3.90. The molecule has 0 aliphatic carbocycles. The number of hydrogen-bond acceptors (Lipinski definition) is 1. The average Bonchev–Trinajstić information content (AvgIpc) is 2.38. The number of nitrogens with two attached hydrogens (primary N) is 1. The molecule has 0 fully saturated rings. The summed E-state index contributed by atoms with van der Waals surface area (Å²) in [5.74, 6) is 0. The zero-order valence-electron chi connectivity index (χ0n) is 9.64. The van der Waals surface area contributed by atoms with Crippen LogP contribution in [0.5, 0.6) is 0 Å². The Morgan fingerprint density at radius 2 is 1.56 bits per heavy atom. The van der Waals surface area contributed by atoms with Gasteiger partial charge in [-0.15, -0.1) is 0 Å². The first-order chi connectivity index (χ1) is 8.66. The maximum atomic E-state index is 11.1. The van der Waals surface area contributed by atoms with E-state index in [1.807, 2.05) is 54.6 Å². The molecule has 1 atom stereocenters. The topological polar surface area (TPSA) is 55.1 Å². The molecule has 0 unspecified atom stereocenters. The van der Waals surface area contributed by atoms with Crippen LogP contribution in [0.4, 0.5) is 4.79 Å². The maximum absolute atomic E-state index is 11.1. The van der Waals surface area contributed by atoms with Gasteiger partial charge in [-0.05, 0) is 23.3 Å². The molecule has 2 amide bonds. The van der Waals surface area contributed by atoms with Crippen LogP contribution in [0, 0.1) is 0 Å². The minimum Gasteiger partial charge on any atom is -0.352 e. The van der Waals surface area contributed by atoms with E-state index >= 15 is 0 Å². The van der Waals surface area contributed by atoms with Crippen molar-refractivity contribution in [1.82, 2.24) is 5.32 Å². The summed E-state index contributed by atoms with van der Waals surface area (Å²) in [5, 5.41) is 2.76. The van der Waals surface area contributed by atoms with Gasteiger partial charge in [0.25, 0.3) is 0 Å². The third kappa shape index (κ3) is 3.11. The van der Waals surface area contributed by atoms with Crippen molar-refractivity contribution >= 4 is 22.0 Å². The average molecular weight is 305 g/mol. The van der Waals surface area contributed by atoms with E-state index in [4.69, 9.17) is 5.73 Å². The van der Waals surface area contributed by atoms with Crippen LogP contribution in [0.2, 0.25) is 0 Å². The molecule has 0 aliphatic rings. The molecule has 3 nitrogen and oxygen atoms in total. The maximum Gasteiger partial charge on any atom is 0.312 e. The molecule has 2 aromatic rings. The summed E-state index contributed by atoms with van der Waals surface area (Å²) in [6.07, 6.45) is 0. The van der Waals surface area contributed by atoms with Gasteiger partial charge in [0, 0.05) is 4.47 Å². The number of rotatable bonds is 3. The van der Waals surface area contributed by atoms with Gasteiger partial charge in [-0.25, -0.2) is 4.79 Å². The first-order valence-corrected chi connectivity index (χ1v) is 6.32. The minimum atomic E-state index is -0.535. The van der Waals surface area contributed by atoms with Crippen LogP contribution in [0.1, 0.15) is 17.2 Å². The zero-order valence-corrected chi connectivity index (χ0v) is 11.2. The van der Waals surface area contributed by atoms with E-state index in [1.54, 1.807) is 0 Å². The Labute approximate surface area is 114 Å². The second kappa shape index (κ2) is 5.69. The standard InChI is InChI=1S/C14H13BrN2O/c15-12-8-6-11(7-9-12)13(17-14(16)18)10-4-2-1-3-5-10/h1-9,13H,(H3,16,17,18)/t13-/m1/s1. The number of benzene rings is 2. The zero-order chi connectivity index (χ0) is 13.0. The first kappa shape index (κ1) is 12.6. The molecular formula is C14H13BrN2O. The number of amides is 2. The van der Waals surface area contributed by atoms with Gasteiger partial charge in [0.15, 0.2) is 0 Å². The minimum absolute atomic E-state index is 0.225. The molecule has 18 heavy (non-hydrogen) atoms. The number of urea groups is 1. The van der Waals surface area contributed by atoms with Crippen molar-refractivity contribution in [2.24, 2.45) is 5.73 Å². The van der Waals surface area contributed by atoms with Crippen LogP contribution in [-0.4, -0.2) is 6.03 Å². The van der Waals surface area contributed by atoms with Crippen LogP contribution in [0.3, 0.4) is 0 Å². The molecule has 0 aliphatic heterocycles.